The summed E-state index contributed by atoms with van der Waals surface area (Å²) < 4.78 is 12.7. The van der Waals surface area contributed by atoms with E-state index in [-0.39, 0.29) is 17.6 Å². The largest absolute Gasteiger partial charge is 0.356 e. The van der Waals surface area contributed by atoms with Crippen LogP contribution in [0.4, 0.5) is 4.39 Å². The molecule has 0 aliphatic heterocycles. The molecule has 0 heterocycles. The number of hydrogen-bond acceptors (Lipinski definition) is 3. The smallest absolute Gasteiger partial charge is 0.220 e. The van der Waals surface area contributed by atoms with Crippen LogP contribution in [0.15, 0.2) is 29.2 Å². The molecule has 1 rings (SSSR count). The van der Waals surface area contributed by atoms with Crippen LogP contribution in [0.3, 0.4) is 0 Å². The number of carbonyl (C=O) groups is 2. The van der Waals surface area contributed by atoms with Gasteiger partial charge in [-0.2, -0.15) is 0 Å². The van der Waals surface area contributed by atoms with Gasteiger partial charge in [0.1, 0.15) is 5.82 Å². The molecular formula is C14H19FN2O2S. The van der Waals surface area contributed by atoms with Gasteiger partial charge in [0.15, 0.2) is 0 Å². The molecule has 1 aromatic rings. The quantitative estimate of drug-likeness (QED) is 0.570. The van der Waals surface area contributed by atoms with E-state index in [1.807, 2.05) is 0 Å². The molecule has 110 valence electrons. The normalized spacial score (nSPS) is 10.1. The number of hydrogen-bond donors (Lipinski definition) is 2. The third-order valence-electron chi connectivity index (χ3n) is 2.46. The Hall–Kier alpha value is -1.56. The van der Waals surface area contributed by atoms with Crippen LogP contribution in [0.1, 0.15) is 19.8 Å². The van der Waals surface area contributed by atoms with E-state index in [1.165, 1.54) is 30.8 Å². The molecule has 0 saturated carbocycles. The summed E-state index contributed by atoms with van der Waals surface area (Å²) in [7, 11) is 0. The van der Waals surface area contributed by atoms with Gasteiger partial charge in [-0.15, -0.1) is 11.8 Å². The Morgan fingerprint density at radius 1 is 1.15 bits per heavy atom. The van der Waals surface area contributed by atoms with E-state index in [0.717, 1.165) is 11.3 Å². The molecule has 0 saturated heterocycles. The van der Waals surface area contributed by atoms with Gasteiger partial charge in [-0.1, -0.05) is 0 Å². The molecule has 4 nitrogen and oxygen atoms in total. The summed E-state index contributed by atoms with van der Waals surface area (Å²) in [5, 5.41) is 5.45. The lowest BCUT2D eigenvalue weighted by molar-refractivity contribution is -0.120. The van der Waals surface area contributed by atoms with Gasteiger partial charge in [0.25, 0.3) is 0 Å². The highest BCUT2D eigenvalue weighted by atomic mass is 32.2. The fourth-order valence-corrected chi connectivity index (χ4v) is 2.31. The van der Waals surface area contributed by atoms with E-state index in [9.17, 15) is 14.0 Å². The van der Waals surface area contributed by atoms with Crippen LogP contribution in [0.2, 0.25) is 0 Å². The van der Waals surface area contributed by atoms with Gasteiger partial charge in [0.05, 0.1) is 0 Å². The second kappa shape index (κ2) is 9.36. The highest BCUT2D eigenvalue weighted by molar-refractivity contribution is 7.99. The first-order valence-corrected chi connectivity index (χ1v) is 7.46. The fourth-order valence-electron chi connectivity index (χ4n) is 1.46. The van der Waals surface area contributed by atoms with Gasteiger partial charge in [-0.3, -0.25) is 9.59 Å². The maximum Gasteiger partial charge on any atom is 0.220 e. The molecule has 0 aromatic heterocycles. The van der Waals surface area contributed by atoms with Crippen molar-refractivity contribution in [2.45, 2.75) is 24.7 Å². The van der Waals surface area contributed by atoms with Crippen LogP contribution in [0.25, 0.3) is 0 Å². The van der Waals surface area contributed by atoms with E-state index in [0.29, 0.717) is 25.3 Å². The van der Waals surface area contributed by atoms with E-state index in [2.05, 4.69) is 10.6 Å². The minimum atomic E-state index is -0.258. The number of amides is 2. The maximum atomic E-state index is 12.7. The summed E-state index contributed by atoms with van der Waals surface area (Å²) >= 11 is 1.52. The zero-order valence-electron chi connectivity index (χ0n) is 11.4. The highest BCUT2D eigenvalue weighted by Crippen LogP contribution is 2.18. The van der Waals surface area contributed by atoms with Gasteiger partial charge in [-0.25, -0.2) is 4.39 Å². The van der Waals surface area contributed by atoms with Crippen LogP contribution in [0, 0.1) is 5.82 Å². The molecule has 0 aliphatic rings. The van der Waals surface area contributed by atoms with Crippen LogP contribution < -0.4 is 10.6 Å². The summed E-state index contributed by atoms with van der Waals surface area (Å²) in [5.74, 6) is 0.323. The van der Waals surface area contributed by atoms with Crippen LogP contribution in [0.5, 0.6) is 0 Å². The molecule has 0 atom stereocenters. The van der Waals surface area contributed by atoms with Crippen LogP contribution in [-0.2, 0) is 9.59 Å². The van der Waals surface area contributed by atoms with Gasteiger partial charge in [0, 0.05) is 37.1 Å². The Balaban J connectivity index is 2.05. The molecule has 0 unspecified atom stereocenters. The Bertz CT molecular complexity index is 437. The predicted molar refractivity (Wildman–Crippen MR) is 78.1 cm³/mol. The van der Waals surface area contributed by atoms with Crippen LogP contribution in [-0.4, -0.2) is 30.7 Å². The molecular weight excluding hydrogens is 279 g/mol. The van der Waals surface area contributed by atoms with Crippen molar-refractivity contribution >= 4 is 23.6 Å². The summed E-state index contributed by atoms with van der Waals surface area (Å²) in [6.07, 6.45) is 1.14. The monoisotopic (exact) mass is 298 g/mol. The number of rotatable bonds is 8. The van der Waals surface area contributed by atoms with E-state index in [1.54, 1.807) is 12.1 Å². The summed E-state index contributed by atoms with van der Waals surface area (Å²) in [6.45, 7) is 2.59. The Labute approximate surface area is 122 Å². The van der Waals surface area contributed by atoms with E-state index >= 15 is 0 Å². The van der Waals surface area contributed by atoms with Crippen molar-refractivity contribution in [3.63, 3.8) is 0 Å². The van der Waals surface area contributed by atoms with Gasteiger partial charge in [-0.05, 0) is 30.7 Å². The molecule has 0 bridgehead atoms. The number of halogens is 1. The fraction of sp³-hybridized carbons (Fsp3) is 0.429. The van der Waals surface area contributed by atoms with Gasteiger partial charge < -0.3 is 10.6 Å². The molecule has 1 aromatic carbocycles. The molecule has 0 aliphatic carbocycles. The maximum absolute atomic E-state index is 12.7. The molecule has 0 fully saturated rings. The lowest BCUT2D eigenvalue weighted by Crippen LogP contribution is -2.28. The standard InChI is InChI=1S/C14H19FN2O2S/c1-11(18)16-8-2-9-17-14(19)7-10-20-13-5-3-12(15)4-6-13/h3-6H,2,7-10H2,1H3,(H,16,18)(H,17,19). The molecule has 0 radical (unpaired) electrons. The zero-order chi connectivity index (χ0) is 14.8. The van der Waals surface area contributed by atoms with Crippen molar-refractivity contribution in [1.82, 2.24) is 10.6 Å². The lowest BCUT2D eigenvalue weighted by atomic mass is 10.3. The molecule has 2 amide bonds. The van der Waals surface area contributed by atoms with E-state index < -0.39 is 0 Å². The predicted octanol–water partition coefficient (Wildman–Crippen LogP) is 1.95. The first-order valence-electron chi connectivity index (χ1n) is 6.47. The molecule has 0 spiro atoms. The lowest BCUT2D eigenvalue weighted by Gasteiger charge is -2.05. The summed E-state index contributed by atoms with van der Waals surface area (Å²) in [6, 6.07) is 6.21. The Morgan fingerprint density at radius 3 is 2.45 bits per heavy atom. The minimum Gasteiger partial charge on any atom is -0.356 e. The third-order valence-corrected chi connectivity index (χ3v) is 3.47. The van der Waals surface area contributed by atoms with Gasteiger partial charge >= 0.3 is 0 Å². The number of thioether (sulfide) groups is 1. The SMILES string of the molecule is CC(=O)NCCCNC(=O)CCSc1ccc(F)cc1. The number of benzene rings is 1. The second-order valence-corrected chi connectivity index (χ2v) is 5.41. The first-order chi connectivity index (χ1) is 9.58. The topological polar surface area (TPSA) is 58.2 Å². The number of carbonyl (C=O) groups excluding carboxylic acids is 2. The van der Waals surface area contributed by atoms with Crippen molar-refractivity contribution < 1.29 is 14.0 Å². The third kappa shape index (κ3) is 7.78. The average Bonchev–Trinajstić information content (AvgIpc) is 2.40. The van der Waals surface area contributed by atoms with Crippen molar-refractivity contribution in [2.24, 2.45) is 0 Å². The van der Waals surface area contributed by atoms with Crippen molar-refractivity contribution in [1.29, 1.82) is 0 Å². The second-order valence-electron chi connectivity index (χ2n) is 4.24. The number of nitrogens with one attached hydrogen (secondary N) is 2. The Kier molecular flexibility index (Phi) is 7.72. The van der Waals surface area contributed by atoms with Crippen molar-refractivity contribution in [2.75, 3.05) is 18.8 Å². The van der Waals surface area contributed by atoms with Crippen molar-refractivity contribution in [3.8, 4) is 0 Å². The van der Waals surface area contributed by atoms with E-state index in [4.69, 9.17) is 0 Å². The van der Waals surface area contributed by atoms with Crippen molar-refractivity contribution in [3.05, 3.63) is 30.1 Å². The van der Waals surface area contributed by atoms with Crippen LogP contribution >= 0.6 is 11.8 Å². The molecule has 2 N–H and O–H groups in total. The average molecular weight is 298 g/mol. The molecule has 20 heavy (non-hydrogen) atoms. The Morgan fingerprint density at radius 2 is 1.80 bits per heavy atom. The summed E-state index contributed by atoms with van der Waals surface area (Å²) in [5.41, 5.74) is 0. The van der Waals surface area contributed by atoms with Gasteiger partial charge in [0.2, 0.25) is 11.8 Å². The zero-order valence-corrected chi connectivity index (χ0v) is 12.3. The molecule has 6 heteroatoms. The summed E-state index contributed by atoms with van der Waals surface area (Å²) in [4.78, 5) is 23.1. The first kappa shape index (κ1) is 16.5. The highest BCUT2D eigenvalue weighted by Gasteiger charge is 2.02. The minimum absolute atomic E-state index is 0.0116.